The summed E-state index contributed by atoms with van der Waals surface area (Å²) in [4.78, 5) is 7.06. The first-order valence-electron chi connectivity index (χ1n) is 6.13. The Labute approximate surface area is 157 Å². The Morgan fingerprint density at radius 2 is 1.56 bits per heavy atom. The molecule has 1 heterocycles. The summed E-state index contributed by atoms with van der Waals surface area (Å²) in [7, 11) is 0. The van der Waals surface area contributed by atoms with E-state index in [-0.39, 0.29) is 20.2 Å². The maximum absolute atomic E-state index is 13.8. The number of hydrogen-bond donors (Lipinski definition) is 0. The van der Waals surface area contributed by atoms with Gasteiger partial charge in [-0.15, -0.1) is 0 Å². The molecule has 2 aromatic rings. The summed E-state index contributed by atoms with van der Waals surface area (Å²) in [6.45, 7) is 0. The topological polar surface area (TPSA) is 25.8 Å². The lowest BCUT2D eigenvalue weighted by Crippen LogP contribution is -2.49. The fourth-order valence-corrected chi connectivity index (χ4v) is 4.41. The van der Waals surface area contributed by atoms with Gasteiger partial charge in [0.15, 0.2) is 0 Å². The first-order chi connectivity index (χ1) is 11.4. The van der Waals surface area contributed by atoms with Crippen LogP contribution in [-0.4, -0.2) is 27.3 Å². The van der Waals surface area contributed by atoms with E-state index >= 15 is 0 Å². The van der Waals surface area contributed by atoms with Crippen LogP contribution in [0.5, 0.6) is 0 Å². The molecule has 136 valence electrons. The fraction of sp³-hybridized carbons (Fsp3) is 0.231. The predicted molar refractivity (Wildman–Crippen MR) is 84.7 cm³/mol. The van der Waals surface area contributed by atoms with Crippen molar-refractivity contribution in [3.63, 3.8) is 0 Å². The Hall–Kier alpha value is -0.880. The van der Waals surface area contributed by atoms with Crippen molar-refractivity contribution in [2.45, 2.75) is 22.2 Å². The van der Waals surface area contributed by atoms with Crippen molar-refractivity contribution >= 4 is 43.6 Å². The average molecular weight is 514 g/mol. The van der Waals surface area contributed by atoms with Crippen molar-refractivity contribution in [3.8, 4) is 11.3 Å². The predicted octanol–water partition coefficient (Wildman–Crippen LogP) is 6.55. The zero-order valence-corrected chi connectivity index (χ0v) is 15.6. The smallest absolute Gasteiger partial charge is 0.261 e. The first-order valence-corrected chi connectivity index (χ1v) is 8.54. The Morgan fingerprint density at radius 1 is 0.920 bits per heavy atom. The lowest BCUT2D eigenvalue weighted by atomic mass is 10.1. The normalized spacial score (nSPS) is 13.2. The quantitative estimate of drug-likeness (QED) is 0.342. The highest BCUT2D eigenvalue weighted by molar-refractivity contribution is 9.11. The number of halogens is 9. The lowest BCUT2D eigenvalue weighted by Gasteiger charge is -2.28. The van der Waals surface area contributed by atoms with Crippen LogP contribution in [0.25, 0.3) is 11.3 Å². The molecule has 25 heavy (non-hydrogen) atoms. The van der Waals surface area contributed by atoms with Gasteiger partial charge in [-0.05, 0) is 23.9 Å². The molecule has 0 aliphatic heterocycles. The van der Waals surface area contributed by atoms with E-state index in [9.17, 15) is 30.7 Å². The van der Waals surface area contributed by atoms with Crippen LogP contribution in [0.4, 0.5) is 30.7 Å². The highest BCUT2D eigenvalue weighted by Gasteiger charge is 2.73. The van der Waals surface area contributed by atoms with Crippen LogP contribution in [-0.2, 0) is 0 Å². The third-order valence-corrected chi connectivity index (χ3v) is 4.94. The first kappa shape index (κ1) is 20.4. The van der Waals surface area contributed by atoms with Crippen molar-refractivity contribution in [2.75, 3.05) is 0 Å². The zero-order chi connectivity index (χ0) is 19.0. The van der Waals surface area contributed by atoms with Gasteiger partial charge in [-0.2, -0.15) is 30.7 Å². The molecule has 2 rings (SSSR count). The van der Waals surface area contributed by atoms with Gasteiger partial charge in [0.2, 0.25) is 0 Å². The number of benzene rings is 1. The van der Waals surface area contributed by atoms with Gasteiger partial charge in [0.05, 0.1) is 11.9 Å². The summed E-state index contributed by atoms with van der Waals surface area (Å²) >= 11 is 5.15. The molecule has 0 spiro atoms. The third kappa shape index (κ3) is 4.11. The Morgan fingerprint density at radius 3 is 2.08 bits per heavy atom. The van der Waals surface area contributed by atoms with Gasteiger partial charge in [-0.25, -0.2) is 0 Å². The average Bonchev–Trinajstić information content (AvgIpc) is 2.45. The number of rotatable bonds is 4. The molecule has 1 aromatic heterocycles. The van der Waals surface area contributed by atoms with Crippen molar-refractivity contribution in [2.24, 2.45) is 0 Å². The van der Waals surface area contributed by atoms with Gasteiger partial charge >= 0.3 is 17.4 Å². The SMILES string of the molecule is FC(F)(F)C(F)(F)C(F)(F)Sc1cc(Br)cc(Br)c1-c1cnccn1. The van der Waals surface area contributed by atoms with Gasteiger partial charge in [-0.1, -0.05) is 31.9 Å². The van der Waals surface area contributed by atoms with E-state index < -0.39 is 34.0 Å². The van der Waals surface area contributed by atoms with E-state index in [1.807, 2.05) is 0 Å². The molecule has 0 atom stereocenters. The Bertz CT molecular complexity index is 769. The monoisotopic (exact) mass is 512 g/mol. The maximum atomic E-state index is 13.8. The minimum Gasteiger partial charge on any atom is -0.261 e. The summed E-state index contributed by atoms with van der Waals surface area (Å²) in [6.07, 6.45) is -2.73. The molecule has 1 aromatic carbocycles. The van der Waals surface area contributed by atoms with Crippen LogP contribution in [0.2, 0.25) is 0 Å². The summed E-state index contributed by atoms with van der Waals surface area (Å²) in [6, 6.07) is 2.41. The maximum Gasteiger partial charge on any atom is 0.460 e. The molecule has 0 saturated heterocycles. The Balaban J connectivity index is 2.57. The molecule has 0 aliphatic rings. The number of alkyl halides is 7. The van der Waals surface area contributed by atoms with Crippen LogP contribution < -0.4 is 0 Å². The molecule has 0 saturated carbocycles. The molecule has 0 aliphatic carbocycles. The van der Waals surface area contributed by atoms with Crippen molar-refractivity contribution in [1.29, 1.82) is 0 Å². The second-order valence-corrected chi connectivity index (χ2v) is 7.47. The molecular formula is C13H5Br2F7N2S. The van der Waals surface area contributed by atoms with Crippen molar-refractivity contribution in [3.05, 3.63) is 39.7 Å². The highest BCUT2D eigenvalue weighted by Crippen LogP contribution is 2.55. The van der Waals surface area contributed by atoms with E-state index in [1.54, 1.807) is 0 Å². The molecule has 0 amide bonds. The third-order valence-electron chi connectivity index (χ3n) is 2.80. The summed E-state index contributed by atoms with van der Waals surface area (Å²) in [5, 5.41) is -5.44. The van der Waals surface area contributed by atoms with E-state index in [4.69, 9.17) is 0 Å². The summed E-state index contributed by atoms with van der Waals surface area (Å²) < 4.78 is 91.2. The van der Waals surface area contributed by atoms with Crippen LogP contribution >= 0.6 is 43.6 Å². The molecule has 12 heteroatoms. The number of nitrogens with zero attached hydrogens (tertiary/aromatic N) is 2. The highest BCUT2D eigenvalue weighted by atomic mass is 79.9. The summed E-state index contributed by atoms with van der Waals surface area (Å²) in [5.41, 5.74) is -0.0607. The zero-order valence-electron chi connectivity index (χ0n) is 11.6. The van der Waals surface area contributed by atoms with E-state index in [0.717, 1.165) is 12.3 Å². The standard InChI is InChI=1S/C13H5Br2F7N2S/c14-6-3-7(15)10(8-5-23-1-2-24-8)9(4-6)25-13(21,22)11(16,17)12(18,19)20/h1-5H. The van der Waals surface area contributed by atoms with Gasteiger partial charge in [-0.3, -0.25) is 9.97 Å². The van der Waals surface area contributed by atoms with Crippen LogP contribution in [0.1, 0.15) is 0 Å². The molecule has 0 radical (unpaired) electrons. The molecular weight excluding hydrogens is 509 g/mol. The molecule has 2 nitrogen and oxygen atoms in total. The minimum absolute atomic E-state index is 0.0236. The molecule has 0 N–H and O–H groups in total. The van der Waals surface area contributed by atoms with Gasteiger partial charge in [0.25, 0.3) is 0 Å². The lowest BCUT2D eigenvalue weighted by molar-refractivity contribution is -0.330. The number of thioether (sulfide) groups is 1. The van der Waals surface area contributed by atoms with Gasteiger partial charge in [0, 0.05) is 31.8 Å². The summed E-state index contributed by atoms with van der Waals surface area (Å²) in [5.74, 6) is -6.22. The van der Waals surface area contributed by atoms with Crippen LogP contribution in [0.15, 0.2) is 44.6 Å². The number of aromatic nitrogens is 2. The van der Waals surface area contributed by atoms with Crippen molar-refractivity contribution < 1.29 is 30.7 Å². The second-order valence-electron chi connectivity index (χ2n) is 4.54. The van der Waals surface area contributed by atoms with Gasteiger partial charge < -0.3 is 0 Å². The van der Waals surface area contributed by atoms with E-state index in [0.29, 0.717) is 0 Å². The number of hydrogen-bond acceptors (Lipinski definition) is 3. The second kappa shape index (κ2) is 7.03. The van der Waals surface area contributed by atoms with E-state index in [2.05, 4.69) is 41.8 Å². The molecule has 0 bridgehead atoms. The Kier molecular flexibility index (Phi) is 5.74. The van der Waals surface area contributed by atoms with Crippen LogP contribution in [0, 0.1) is 0 Å². The van der Waals surface area contributed by atoms with Gasteiger partial charge in [0.1, 0.15) is 0 Å². The van der Waals surface area contributed by atoms with Crippen molar-refractivity contribution in [1.82, 2.24) is 9.97 Å². The minimum atomic E-state index is -6.40. The largest absolute Gasteiger partial charge is 0.460 e. The van der Waals surface area contributed by atoms with E-state index in [1.165, 1.54) is 18.5 Å². The van der Waals surface area contributed by atoms with Crippen LogP contribution in [0.3, 0.4) is 0 Å². The molecule has 0 unspecified atom stereocenters. The fourth-order valence-electron chi connectivity index (χ4n) is 1.67. The molecule has 0 fully saturated rings.